The van der Waals surface area contributed by atoms with Crippen molar-refractivity contribution >= 4 is 39.6 Å². The molecular formula is C36H43N5O7S. The van der Waals surface area contributed by atoms with Crippen LogP contribution in [0.3, 0.4) is 0 Å². The molecule has 2 aromatic carbocycles. The molecular weight excluding hydrogens is 646 g/mol. The molecule has 4 N–H and O–H groups in total. The molecule has 13 heteroatoms. The van der Waals surface area contributed by atoms with Crippen LogP contribution in [0.5, 0.6) is 0 Å². The summed E-state index contributed by atoms with van der Waals surface area (Å²) in [6.45, 7) is 11.6. The van der Waals surface area contributed by atoms with Crippen molar-refractivity contribution in [2.45, 2.75) is 62.6 Å². The van der Waals surface area contributed by atoms with Gasteiger partial charge < -0.3 is 20.9 Å². The number of amides is 5. The third kappa shape index (κ3) is 7.46. The maximum atomic E-state index is 14.6. The van der Waals surface area contributed by atoms with E-state index in [1.807, 2.05) is 42.8 Å². The van der Waals surface area contributed by atoms with Gasteiger partial charge in [0, 0.05) is 13.1 Å². The number of carbonyl (C=O) groups is 5. The number of benzene rings is 2. The third-order valence-electron chi connectivity index (χ3n) is 10.1. The lowest BCUT2D eigenvalue weighted by Crippen LogP contribution is -2.60. The van der Waals surface area contributed by atoms with Gasteiger partial charge in [-0.05, 0) is 72.1 Å². The van der Waals surface area contributed by atoms with Gasteiger partial charge in [-0.15, -0.1) is 13.2 Å². The Kier molecular flexibility index (Phi) is 10.4. The Hall–Kier alpha value is -4.78. The number of rotatable bonds is 14. The minimum Gasteiger partial charge on any atom is -0.346 e. The number of Topliss-reactive ketones (excluding diaryl/α,β-unsaturated/α-hetero) is 1. The van der Waals surface area contributed by atoms with Crippen LogP contribution in [0.25, 0.3) is 0 Å². The van der Waals surface area contributed by atoms with Crippen LogP contribution in [-0.2, 0) is 42.0 Å². The van der Waals surface area contributed by atoms with Crippen LogP contribution >= 0.6 is 0 Å². The van der Waals surface area contributed by atoms with Crippen molar-refractivity contribution in [3.8, 4) is 0 Å². The summed E-state index contributed by atoms with van der Waals surface area (Å²) in [6.07, 6.45) is 4.42. The summed E-state index contributed by atoms with van der Waals surface area (Å²) in [5.41, 5.74) is 1.76. The number of sulfonamides is 1. The van der Waals surface area contributed by atoms with Crippen molar-refractivity contribution in [2.75, 3.05) is 13.1 Å². The lowest BCUT2D eigenvalue weighted by Gasteiger charge is -2.35. The van der Waals surface area contributed by atoms with Gasteiger partial charge in [0.25, 0.3) is 15.9 Å². The van der Waals surface area contributed by atoms with Crippen LogP contribution in [0.1, 0.15) is 37.8 Å². The van der Waals surface area contributed by atoms with E-state index < -0.39 is 63.6 Å². The summed E-state index contributed by atoms with van der Waals surface area (Å²) in [7, 11) is -4.24. The van der Waals surface area contributed by atoms with Crippen molar-refractivity contribution in [1.82, 2.24) is 25.6 Å². The number of hydrogen-bond donors (Lipinski definition) is 4. The zero-order valence-corrected chi connectivity index (χ0v) is 28.5. The predicted octanol–water partition coefficient (Wildman–Crippen LogP) is 2.26. The van der Waals surface area contributed by atoms with E-state index in [1.165, 1.54) is 35.2 Å². The highest BCUT2D eigenvalue weighted by Crippen LogP contribution is 2.65. The van der Waals surface area contributed by atoms with Crippen molar-refractivity contribution in [2.24, 2.45) is 23.2 Å². The molecule has 1 aliphatic heterocycles. The molecule has 2 aromatic rings. The van der Waals surface area contributed by atoms with E-state index in [1.54, 1.807) is 12.1 Å². The molecule has 0 spiro atoms. The molecule has 2 fully saturated rings. The Morgan fingerprint density at radius 2 is 1.57 bits per heavy atom. The molecule has 5 amide bonds. The van der Waals surface area contributed by atoms with Crippen LogP contribution in [0.15, 0.2) is 84.8 Å². The molecule has 1 saturated carbocycles. The van der Waals surface area contributed by atoms with Gasteiger partial charge in [-0.2, -0.15) is 0 Å². The number of ketones is 1. The van der Waals surface area contributed by atoms with Crippen LogP contribution in [-0.4, -0.2) is 74.1 Å². The highest BCUT2D eigenvalue weighted by molar-refractivity contribution is 7.90. The predicted molar refractivity (Wildman–Crippen MR) is 182 cm³/mol. The molecule has 3 aliphatic rings. The zero-order chi connectivity index (χ0) is 35.5. The third-order valence-corrected chi connectivity index (χ3v) is 11.4. The van der Waals surface area contributed by atoms with Crippen LogP contribution in [0.2, 0.25) is 0 Å². The molecule has 0 radical (unpaired) electrons. The van der Waals surface area contributed by atoms with Gasteiger partial charge in [0.05, 0.1) is 10.9 Å². The second kappa shape index (κ2) is 14.4. The average molecular weight is 690 g/mol. The van der Waals surface area contributed by atoms with Gasteiger partial charge in [0.15, 0.2) is 0 Å². The van der Waals surface area contributed by atoms with Crippen LogP contribution in [0, 0.1) is 23.2 Å². The van der Waals surface area contributed by atoms with Crippen molar-refractivity contribution in [3.05, 3.63) is 91.0 Å². The number of nitrogens with zero attached hydrogens (tertiary/aromatic N) is 1. The Labute approximate surface area is 286 Å². The molecule has 2 aliphatic carbocycles. The zero-order valence-electron chi connectivity index (χ0n) is 27.7. The van der Waals surface area contributed by atoms with Gasteiger partial charge in [-0.25, -0.2) is 17.9 Å². The average Bonchev–Trinajstić information content (AvgIpc) is 3.44. The van der Waals surface area contributed by atoms with E-state index in [4.69, 9.17) is 0 Å². The maximum absolute atomic E-state index is 14.6. The second-order valence-electron chi connectivity index (χ2n) is 13.5. The highest BCUT2D eigenvalue weighted by atomic mass is 32.2. The SMILES string of the molecule is C=CCCC(NC(=O)C1C2C(CN1C(=O)C(NC(=O)NS(=O)(=O)c1ccccc1)C1Cc3ccccc3C1)C2(C)C)C(=O)C(=O)NCC=C. The van der Waals surface area contributed by atoms with Crippen LogP contribution in [0.4, 0.5) is 4.79 Å². The number of carbonyl (C=O) groups excluding carboxylic acids is 5. The van der Waals surface area contributed by atoms with E-state index in [0.717, 1.165) is 11.1 Å². The summed E-state index contributed by atoms with van der Waals surface area (Å²) in [4.78, 5) is 68.9. The second-order valence-corrected chi connectivity index (χ2v) is 15.2. The van der Waals surface area contributed by atoms with Gasteiger partial charge >= 0.3 is 6.03 Å². The molecule has 0 aromatic heterocycles. The van der Waals surface area contributed by atoms with Gasteiger partial charge in [-0.3, -0.25) is 19.2 Å². The monoisotopic (exact) mass is 689 g/mol. The molecule has 0 bridgehead atoms. The summed E-state index contributed by atoms with van der Waals surface area (Å²) in [6, 6.07) is 10.7. The summed E-state index contributed by atoms with van der Waals surface area (Å²) < 4.78 is 28.0. The van der Waals surface area contributed by atoms with Crippen molar-refractivity contribution < 1.29 is 32.4 Å². The molecule has 49 heavy (non-hydrogen) atoms. The lowest BCUT2D eigenvalue weighted by molar-refractivity contribution is -0.144. The molecule has 12 nitrogen and oxygen atoms in total. The Morgan fingerprint density at radius 3 is 2.18 bits per heavy atom. The Morgan fingerprint density at radius 1 is 0.939 bits per heavy atom. The number of urea groups is 1. The number of hydrogen-bond acceptors (Lipinski definition) is 7. The number of likely N-dealkylation sites (tertiary alicyclic amines) is 1. The number of nitrogens with one attached hydrogen (secondary N) is 4. The van der Waals surface area contributed by atoms with E-state index in [0.29, 0.717) is 19.3 Å². The van der Waals surface area contributed by atoms with E-state index >= 15 is 0 Å². The molecule has 5 unspecified atom stereocenters. The van der Waals surface area contributed by atoms with Crippen molar-refractivity contribution in [3.63, 3.8) is 0 Å². The first-order chi connectivity index (χ1) is 23.3. The maximum Gasteiger partial charge on any atom is 0.329 e. The molecule has 5 atom stereocenters. The topological polar surface area (TPSA) is 171 Å². The first kappa shape index (κ1) is 35.5. The fourth-order valence-electron chi connectivity index (χ4n) is 7.37. The number of piperidine rings is 1. The van der Waals surface area contributed by atoms with E-state index in [9.17, 15) is 32.4 Å². The van der Waals surface area contributed by atoms with Crippen molar-refractivity contribution in [1.29, 1.82) is 0 Å². The van der Waals surface area contributed by atoms with Crippen LogP contribution < -0.4 is 20.7 Å². The fraction of sp³-hybridized carbons (Fsp3) is 0.417. The number of allylic oxidation sites excluding steroid dienone is 1. The Bertz CT molecular complexity index is 1730. The molecule has 5 rings (SSSR count). The summed E-state index contributed by atoms with van der Waals surface area (Å²) in [5.74, 6) is -3.44. The minimum atomic E-state index is -4.24. The first-order valence-corrected chi connectivity index (χ1v) is 17.9. The van der Waals surface area contributed by atoms with Gasteiger partial charge in [0.1, 0.15) is 12.1 Å². The lowest BCUT2D eigenvalue weighted by atomic mass is 9.93. The largest absolute Gasteiger partial charge is 0.346 e. The molecule has 1 heterocycles. The molecule has 260 valence electrons. The summed E-state index contributed by atoms with van der Waals surface area (Å²) >= 11 is 0. The van der Waals surface area contributed by atoms with Gasteiger partial charge in [0.2, 0.25) is 17.6 Å². The summed E-state index contributed by atoms with van der Waals surface area (Å²) in [5, 5.41) is 7.85. The normalized spacial score (nSPS) is 21.7. The fourth-order valence-corrected chi connectivity index (χ4v) is 8.31. The smallest absolute Gasteiger partial charge is 0.329 e. The number of fused-ring (bicyclic) bond motifs is 2. The van der Waals surface area contributed by atoms with E-state index in [2.05, 4.69) is 29.1 Å². The van der Waals surface area contributed by atoms with Gasteiger partial charge in [-0.1, -0.05) is 68.5 Å². The highest BCUT2D eigenvalue weighted by Gasteiger charge is 2.69. The quantitative estimate of drug-likeness (QED) is 0.174. The minimum absolute atomic E-state index is 0.0147. The standard InChI is InChI=1S/C36H43N5O7S/c1-5-7-17-27(31(42)33(44)37-18-6-2)38-32(43)30-28-26(36(28,3)4)21-41(30)34(45)29(24-19-22-13-11-12-14-23(22)20-24)39-35(46)40-49(47,48)25-15-9-8-10-16-25/h5-6,8-16,24,26-30H,1-2,7,17-21H2,3-4H3,(H,37,44)(H,38,43)(H2,39,40,46). The molecule has 1 saturated heterocycles. The Balaban J connectivity index is 1.40. The van der Waals surface area contributed by atoms with E-state index in [-0.39, 0.29) is 41.7 Å². The first-order valence-electron chi connectivity index (χ1n) is 16.4.